The first-order chi connectivity index (χ1) is 7.66. The highest BCUT2D eigenvalue weighted by molar-refractivity contribution is 5.95. The molecule has 1 heterocycles. The Balaban J connectivity index is 2.56. The number of carbonyl (C=O) groups is 1. The number of anilines is 1. The van der Waals surface area contributed by atoms with E-state index in [1.165, 1.54) is 12.3 Å². The van der Waals surface area contributed by atoms with Crippen LogP contribution in [0.3, 0.4) is 0 Å². The second-order valence-electron chi connectivity index (χ2n) is 3.16. The van der Waals surface area contributed by atoms with Crippen molar-refractivity contribution < 1.29 is 13.9 Å². The Bertz CT molecular complexity index is 371. The van der Waals surface area contributed by atoms with Gasteiger partial charge in [-0.15, -0.1) is 0 Å². The SMILES string of the molecule is COCCCNC(=O)c1ccnc(N)c1F. The summed E-state index contributed by atoms with van der Waals surface area (Å²) >= 11 is 0. The molecule has 0 atom stereocenters. The van der Waals surface area contributed by atoms with Crippen molar-refractivity contribution in [1.29, 1.82) is 0 Å². The number of rotatable bonds is 5. The fourth-order valence-electron chi connectivity index (χ4n) is 1.15. The smallest absolute Gasteiger partial charge is 0.254 e. The van der Waals surface area contributed by atoms with E-state index in [1.54, 1.807) is 7.11 Å². The van der Waals surface area contributed by atoms with Crippen LogP contribution in [-0.2, 0) is 4.74 Å². The van der Waals surface area contributed by atoms with Gasteiger partial charge >= 0.3 is 0 Å². The second kappa shape index (κ2) is 6.02. The molecule has 5 nitrogen and oxygen atoms in total. The molecular weight excluding hydrogens is 213 g/mol. The third-order valence-electron chi connectivity index (χ3n) is 1.97. The maximum atomic E-state index is 13.4. The topological polar surface area (TPSA) is 77.2 Å². The predicted octanol–water partition coefficient (Wildman–Crippen LogP) is 0.569. The third-order valence-corrected chi connectivity index (χ3v) is 1.97. The largest absolute Gasteiger partial charge is 0.385 e. The van der Waals surface area contributed by atoms with Gasteiger partial charge in [0.1, 0.15) is 0 Å². The van der Waals surface area contributed by atoms with Crippen molar-refractivity contribution in [3.63, 3.8) is 0 Å². The zero-order valence-electron chi connectivity index (χ0n) is 9.00. The van der Waals surface area contributed by atoms with Crippen molar-refractivity contribution in [2.45, 2.75) is 6.42 Å². The van der Waals surface area contributed by atoms with Crippen molar-refractivity contribution in [2.24, 2.45) is 0 Å². The van der Waals surface area contributed by atoms with Crippen LogP contribution in [0.1, 0.15) is 16.8 Å². The first kappa shape index (κ1) is 12.4. The van der Waals surface area contributed by atoms with Crippen molar-refractivity contribution in [1.82, 2.24) is 10.3 Å². The Morgan fingerprint density at radius 3 is 3.12 bits per heavy atom. The van der Waals surface area contributed by atoms with Gasteiger partial charge in [-0.1, -0.05) is 0 Å². The van der Waals surface area contributed by atoms with E-state index in [0.717, 1.165) is 0 Å². The van der Waals surface area contributed by atoms with Gasteiger partial charge in [-0.2, -0.15) is 0 Å². The van der Waals surface area contributed by atoms with Crippen LogP contribution in [0.2, 0.25) is 0 Å². The van der Waals surface area contributed by atoms with Crippen LogP contribution in [-0.4, -0.2) is 31.2 Å². The van der Waals surface area contributed by atoms with Crippen LogP contribution in [0, 0.1) is 5.82 Å². The summed E-state index contributed by atoms with van der Waals surface area (Å²) in [5.41, 5.74) is 5.16. The minimum Gasteiger partial charge on any atom is -0.385 e. The van der Waals surface area contributed by atoms with Gasteiger partial charge in [0.05, 0.1) is 5.56 Å². The van der Waals surface area contributed by atoms with Crippen LogP contribution in [0.15, 0.2) is 12.3 Å². The van der Waals surface area contributed by atoms with E-state index >= 15 is 0 Å². The lowest BCUT2D eigenvalue weighted by Gasteiger charge is -2.06. The van der Waals surface area contributed by atoms with Gasteiger partial charge in [0.15, 0.2) is 11.6 Å². The van der Waals surface area contributed by atoms with Gasteiger partial charge in [-0.25, -0.2) is 9.37 Å². The van der Waals surface area contributed by atoms with E-state index in [1.807, 2.05) is 0 Å². The number of hydrogen-bond acceptors (Lipinski definition) is 4. The van der Waals surface area contributed by atoms with Crippen molar-refractivity contribution in [3.05, 3.63) is 23.6 Å². The van der Waals surface area contributed by atoms with Gasteiger partial charge in [-0.05, 0) is 12.5 Å². The lowest BCUT2D eigenvalue weighted by atomic mass is 10.2. The fourth-order valence-corrected chi connectivity index (χ4v) is 1.15. The molecule has 1 rings (SSSR count). The summed E-state index contributed by atoms with van der Waals surface area (Å²) in [5.74, 6) is -1.56. The second-order valence-corrected chi connectivity index (χ2v) is 3.16. The van der Waals surface area contributed by atoms with Gasteiger partial charge < -0.3 is 15.8 Å². The number of hydrogen-bond donors (Lipinski definition) is 2. The van der Waals surface area contributed by atoms with Gasteiger partial charge in [0, 0.05) is 26.5 Å². The number of nitrogens with zero attached hydrogens (tertiary/aromatic N) is 1. The number of nitrogens with one attached hydrogen (secondary N) is 1. The van der Waals surface area contributed by atoms with E-state index in [2.05, 4.69) is 10.3 Å². The molecule has 0 saturated carbocycles. The van der Waals surface area contributed by atoms with E-state index in [4.69, 9.17) is 10.5 Å². The molecular formula is C10H14FN3O2. The van der Waals surface area contributed by atoms with Crippen LogP contribution in [0.5, 0.6) is 0 Å². The summed E-state index contributed by atoms with van der Waals surface area (Å²) in [6, 6.07) is 1.29. The number of aromatic nitrogens is 1. The van der Waals surface area contributed by atoms with Crippen LogP contribution in [0.25, 0.3) is 0 Å². The molecule has 0 saturated heterocycles. The molecule has 0 spiro atoms. The molecule has 0 aliphatic heterocycles. The summed E-state index contributed by atoms with van der Waals surface area (Å²) < 4.78 is 18.2. The molecule has 6 heteroatoms. The number of nitrogens with two attached hydrogens (primary N) is 1. The minimum atomic E-state index is -0.785. The maximum absolute atomic E-state index is 13.4. The van der Waals surface area contributed by atoms with Crippen LogP contribution in [0.4, 0.5) is 10.2 Å². The zero-order chi connectivity index (χ0) is 12.0. The summed E-state index contributed by atoms with van der Waals surface area (Å²) in [6.07, 6.45) is 1.97. The van der Waals surface area contributed by atoms with Crippen molar-refractivity contribution in [2.75, 3.05) is 26.0 Å². The molecule has 0 bridgehead atoms. The molecule has 0 aliphatic carbocycles. The highest BCUT2D eigenvalue weighted by Crippen LogP contribution is 2.11. The Labute approximate surface area is 92.8 Å². The first-order valence-electron chi connectivity index (χ1n) is 4.84. The molecule has 1 aromatic rings. The lowest BCUT2D eigenvalue weighted by Crippen LogP contribution is -2.26. The number of ether oxygens (including phenoxy) is 1. The lowest BCUT2D eigenvalue weighted by molar-refractivity contribution is 0.0944. The maximum Gasteiger partial charge on any atom is 0.254 e. The third kappa shape index (κ3) is 3.16. The van der Waals surface area contributed by atoms with E-state index < -0.39 is 11.7 Å². The fraction of sp³-hybridized carbons (Fsp3) is 0.400. The average molecular weight is 227 g/mol. The quantitative estimate of drug-likeness (QED) is 0.721. The molecule has 0 fully saturated rings. The summed E-state index contributed by atoms with van der Waals surface area (Å²) in [7, 11) is 1.57. The number of amides is 1. The summed E-state index contributed by atoms with van der Waals surface area (Å²) in [6.45, 7) is 0.968. The van der Waals surface area contributed by atoms with Gasteiger partial charge in [0.2, 0.25) is 0 Å². The molecule has 88 valence electrons. The normalized spacial score (nSPS) is 10.1. The summed E-state index contributed by atoms with van der Waals surface area (Å²) in [5, 5.41) is 2.56. The highest BCUT2D eigenvalue weighted by Gasteiger charge is 2.13. The molecule has 1 amide bonds. The number of pyridine rings is 1. The monoisotopic (exact) mass is 227 g/mol. The number of methoxy groups -OCH3 is 1. The van der Waals surface area contributed by atoms with Gasteiger partial charge in [0.25, 0.3) is 5.91 Å². The van der Waals surface area contributed by atoms with E-state index in [0.29, 0.717) is 19.6 Å². The number of nitrogen functional groups attached to an aromatic ring is 1. The number of halogens is 1. The molecule has 0 aliphatic rings. The van der Waals surface area contributed by atoms with E-state index in [9.17, 15) is 9.18 Å². The van der Waals surface area contributed by atoms with E-state index in [-0.39, 0.29) is 11.4 Å². The molecule has 1 aromatic heterocycles. The van der Waals surface area contributed by atoms with Crippen molar-refractivity contribution in [3.8, 4) is 0 Å². The number of carbonyl (C=O) groups excluding carboxylic acids is 1. The van der Waals surface area contributed by atoms with Crippen LogP contribution >= 0.6 is 0 Å². The molecule has 0 unspecified atom stereocenters. The highest BCUT2D eigenvalue weighted by atomic mass is 19.1. The predicted molar refractivity (Wildman–Crippen MR) is 57.4 cm³/mol. The first-order valence-corrected chi connectivity index (χ1v) is 4.84. The Hall–Kier alpha value is -1.69. The van der Waals surface area contributed by atoms with Crippen molar-refractivity contribution >= 4 is 11.7 Å². The molecule has 0 radical (unpaired) electrons. The minimum absolute atomic E-state index is 0.0927. The Morgan fingerprint density at radius 2 is 2.44 bits per heavy atom. The Kier molecular flexibility index (Phi) is 4.65. The average Bonchev–Trinajstić information content (AvgIpc) is 2.28. The molecule has 16 heavy (non-hydrogen) atoms. The zero-order valence-corrected chi connectivity index (χ0v) is 9.00. The Morgan fingerprint density at radius 1 is 1.69 bits per heavy atom. The van der Waals surface area contributed by atoms with Gasteiger partial charge in [-0.3, -0.25) is 4.79 Å². The molecule has 3 N–H and O–H groups in total. The van der Waals surface area contributed by atoms with Crippen LogP contribution < -0.4 is 11.1 Å². The summed E-state index contributed by atoms with van der Waals surface area (Å²) in [4.78, 5) is 15.0. The standard InChI is InChI=1S/C10H14FN3O2/c1-16-6-2-4-14-10(15)7-3-5-13-9(12)8(7)11/h3,5H,2,4,6H2,1H3,(H2,12,13)(H,14,15). The molecule has 0 aromatic carbocycles.